The van der Waals surface area contributed by atoms with E-state index in [1.165, 1.54) is 17.2 Å². The minimum Gasteiger partial charge on any atom is -0.384 e. The van der Waals surface area contributed by atoms with Crippen LogP contribution in [0.2, 0.25) is 0 Å². The first-order valence-electron chi connectivity index (χ1n) is 8.83. The molecule has 0 unspecified atom stereocenters. The summed E-state index contributed by atoms with van der Waals surface area (Å²) >= 11 is 0. The van der Waals surface area contributed by atoms with Crippen molar-refractivity contribution in [2.75, 3.05) is 17.2 Å². The summed E-state index contributed by atoms with van der Waals surface area (Å²) in [6.07, 6.45) is 1.53. The van der Waals surface area contributed by atoms with Crippen LogP contribution in [0.3, 0.4) is 0 Å². The maximum atomic E-state index is 13.0. The van der Waals surface area contributed by atoms with Crippen molar-refractivity contribution in [2.45, 2.75) is 39.3 Å². The molecule has 0 saturated carbocycles. The largest absolute Gasteiger partial charge is 0.384 e. The number of carbonyl (C=O) groups excluding carboxylic acids is 1. The van der Waals surface area contributed by atoms with Crippen LogP contribution in [0.1, 0.15) is 36.2 Å². The highest BCUT2D eigenvalue weighted by Crippen LogP contribution is 2.31. The highest BCUT2D eigenvalue weighted by Gasteiger charge is 2.29. The number of Topliss-reactive ketones (excluding diaryl/α,β-unsaturated/α-hetero) is 1. The topological polar surface area (TPSA) is 90.3 Å². The first-order valence-corrected chi connectivity index (χ1v) is 8.83. The van der Waals surface area contributed by atoms with E-state index >= 15 is 0 Å². The monoisotopic (exact) mass is 356 g/mol. The number of fused-ring (bicyclic) bond motifs is 1. The summed E-state index contributed by atoms with van der Waals surface area (Å²) in [5.74, 6) is -0.401. The Bertz CT molecular complexity index is 974. The number of rotatable bonds is 5. The zero-order valence-electron chi connectivity index (χ0n) is 15.4. The van der Waals surface area contributed by atoms with Crippen LogP contribution >= 0.6 is 0 Å². The Labute approximate surface area is 151 Å². The lowest BCUT2D eigenvalue weighted by Gasteiger charge is -2.24. The van der Waals surface area contributed by atoms with E-state index < -0.39 is 11.2 Å². The summed E-state index contributed by atoms with van der Waals surface area (Å²) in [6, 6.07) is 8.09. The van der Waals surface area contributed by atoms with Gasteiger partial charge in [-0.2, -0.15) is 0 Å². The quantitative estimate of drug-likeness (QED) is 0.812. The number of nitrogens with zero attached hydrogens (tertiary/aromatic N) is 3. The Morgan fingerprint density at radius 2 is 1.96 bits per heavy atom. The van der Waals surface area contributed by atoms with Gasteiger partial charge in [0.2, 0.25) is 0 Å². The highest BCUT2D eigenvalue weighted by molar-refractivity contribution is 6.02. The van der Waals surface area contributed by atoms with Crippen molar-refractivity contribution in [3.63, 3.8) is 0 Å². The second kappa shape index (κ2) is 6.82. The number of nitrogen functional groups attached to an aromatic ring is 1. The molecule has 1 atom stereocenters. The average Bonchev–Trinajstić information content (AvgIpc) is 2.93. The van der Waals surface area contributed by atoms with Crippen molar-refractivity contribution < 1.29 is 4.79 Å². The number of carbonyl (C=O) groups is 1. The third kappa shape index (κ3) is 2.83. The lowest BCUT2D eigenvalue weighted by Crippen LogP contribution is -2.44. The van der Waals surface area contributed by atoms with Gasteiger partial charge in [0.25, 0.3) is 5.56 Å². The average molecular weight is 356 g/mol. The van der Waals surface area contributed by atoms with Gasteiger partial charge in [-0.05, 0) is 31.4 Å². The van der Waals surface area contributed by atoms with Crippen LogP contribution in [0.5, 0.6) is 0 Å². The molecule has 7 heteroatoms. The molecule has 2 aromatic rings. The minimum atomic E-state index is -0.634. The van der Waals surface area contributed by atoms with Crippen molar-refractivity contribution in [3.8, 4) is 0 Å². The number of hydrogen-bond donors (Lipinski definition) is 1. The second-order valence-electron chi connectivity index (χ2n) is 6.79. The van der Waals surface area contributed by atoms with Crippen LogP contribution in [-0.2, 0) is 20.0 Å². The number of para-hydroxylation sites is 1. The maximum absolute atomic E-state index is 13.0. The normalized spacial score (nSPS) is 16.0. The van der Waals surface area contributed by atoms with E-state index in [9.17, 15) is 14.4 Å². The Hall–Kier alpha value is -2.83. The Morgan fingerprint density at radius 3 is 2.65 bits per heavy atom. The van der Waals surface area contributed by atoms with Gasteiger partial charge in [-0.25, -0.2) is 4.79 Å². The molecule has 1 aliphatic heterocycles. The van der Waals surface area contributed by atoms with E-state index in [-0.39, 0.29) is 29.8 Å². The van der Waals surface area contributed by atoms with Crippen LogP contribution in [0.25, 0.3) is 0 Å². The van der Waals surface area contributed by atoms with E-state index in [1.807, 2.05) is 43.0 Å². The number of aromatic nitrogens is 2. The van der Waals surface area contributed by atoms with Gasteiger partial charge < -0.3 is 10.6 Å². The summed E-state index contributed by atoms with van der Waals surface area (Å²) in [5, 5.41) is 0. The molecule has 7 nitrogen and oxygen atoms in total. The third-order valence-corrected chi connectivity index (χ3v) is 4.97. The van der Waals surface area contributed by atoms with Gasteiger partial charge in [-0.15, -0.1) is 0 Å². The van der Waals surface area contributed by atoms with Gasteiger partial charge in [-0.1, -0.05) is 25.1 Å². The lowest BCUT2D eigenvalue weighted by atomic mass is 10.1. The fourth-order valence-corrected chi connectivity index (χ4v) is 3.59. The van der Waals surface area contributed by atoms with Crippen molar-refractivity contribution >= 4 is 17.3 Å². The van der Waals surface area contributed by atoms with Crippen molar-refractivity contribution in [3.05, 3.63) is 56.2 Å². The van der Waals surface area contributed by atoms with Gasteiger partial charge in [-0.3, -0.25) is 18.7 Å². The highest BCUT2D eigenvalue weighted by atomic mass is 16.2. The molecule has 26 heavy (non-hydrogen) atoms. The molecular formula is C19H24N4O3. The molecule has 0 spiro atoms. The smallest absolute Gasteiger partial charge is 0.332 e. The van der Waals surface area contributed by atoms with Crippen LogP contribution < -0.4 is 21.9 Å². The fourth-order valence-electron chi connectivity index (χ4n) is 3.59. The molecule has 1 aliphatic rings. The molecule has 0 fully saturated rings. The standard InChI is InChI=1S/C19H24N4O3/c1-4-9-22-17(20)16(18(25)21(3)19(22)26)15(24)11-23-12(2)10-13-7-5-6-8-14(13)23/h5-8,12H,4,9-11,20H2,1-3H3/t12-/m1/s1. The first-order chi connectivity index (χ1) is 12.4. The molecule has 1 aromatic carbocycles. The van der Waals surface area contributed by atoms with Gasteiger partial charge in [0.15, 0.2) is 5.78 Å². The predicted molar refractivity (Wildman–Crippen MR) is 102 cm³/mol. The van der Waals surface area contributed by atoms with Crippen LogP contribution in [0.4, 0.5) is 11.5 Å². The molecule has 1 aromatic heterocycles. The molecule has 2 N–H and O–H groups in total. The summed E-state index contributed by atoms with van der Waals surface area (Å²) in [7, 11) is 1.38. The molecule has 0 radical (unpaired) electrons. The Morgan fingerprint density at radius 1 is 1.27 bits per heavy atom. The molecule has 0 aliphatic carbocycles. The predicted octanol–water partition coefficient (Wildman–Crippen LogP) is 1.17. The number of anilines is 2. The fraction of sp³-hybridized carbons (Fsp3) is 0.421. The maximum Gasteiger partial charge on any atom is 0.332 e. The van der Waals surface area contributed by atoms with Gasteiger partial charge in [0, 0.05) is 25.3 Å². The zero-order valence-corrected chi connectivity index (χ0v) is 15.4. The van der Waals surface area contributed by atoms with Gasteiger partial charge in [0.1, 0.15) is 11.4 Å². The van der Waals surface area contributed by atoms with Gasteiger partial charge >= 0.3 is 5.69 Å². The summed E-state index contributed by atoms with van der Waals surface area (Å²) < 4.78 is 2.26. The molecule has 0 amide bonds. The van der Waals surface area contributed by atoms with E-state index in [0.717, 1.165) is 16.7 Å². The van der Waals surface area contributed by atoms with Crippen LogP contribution in [0, 0.1) is 0 Å². The van der Waals surface area contributed by atoms with E-state index in [0.29, 0.717) is 13.0 Å². The van der Waals surface area contributed by atoms with Crippen molar-refractivity contribution in [2.24, 2.45) is 7.05 Å². The second-order valence-corrected chi connectivity index (χ2v) is 6.79. The number of ketones is 1. The molecule has 2 heterocycles. The van der Waals surface area contributed by atoms with E-state index in [2.05, 4.69) is 0 Å². The number of nitrogens with two attached hydrogens (primary N) is 1. The van der Waals surface area contributed by atoms with Crippen molar-refractivity contribution in [1.82, 2.24) is 9.13 Å². The summed E-state index contributed by atoms with van der Waals surface area (Å²) in [6.45, 7) is 4.37. The molecule has 0 saturated heterocycles. The Balaban J connectivity index is 2.01. The molecule has 3 rings (SSSR count). The summed E-state index contributed by atoms with van der Waals surface area (Å²) in [4.78, 5) is 39.8. The van der Waals surface area contributed by atoms with Crippen molar-refractivity contribution in [1.29, 1.82) is 0 Å². The summed E-state index contributed by atoms with van der Waals surface area (Å²) in [5.41, 5.74) is 7.02. The van der Waals surface area contributed by atoms with Crippen LogP contribution in [0.15, 0.2) is 33.9 Å². The van der Waals surface area contributed by atoms with E-state index in [1.54, 1.807) is 0 Å². The lowest BCUT2D eigenvalue weighted by molar-refractivity contribution is 0.0995. The minimum absolute atomic E-state index is 0.0370. The van der Waals surface area contributed by atoms with Gasteiger partial charge in [0.05, 0.1) is 6.54 Å². The SMILES string of the molecule is CCCn1c(N)c(C(=O)CN2c3ccccc3C[C@H]2C)c(=O)n(C)c1=O. The molecular weight excluding hydrogens is 332 g/mol. The third-order valence-electron chi connectivity index (χ3n) is 4.97. The molecule has 0 bridgehead atoms. The zero-order chi connectivity index (χ0) is 19.0. The molecule has 138 valence electrons. The number of hydrogen-bond acceptors (Lipinski definition) is 5. The van der Waals surface area contributed by atoms with Crippen LogP contribution in [-0.4, -0.2) is 27.5 Å². The van der Waals surface area contributed by atoms with E-state index in [4.69, 9.17) is 5.73 Å². The Kier molecular flexibility index (Phi) is 4.71. The first kappa shape index (κ1) is 18.0. The number of benzene rings is 1.